The first-order valence-corrected chi connectivity index (χ1v) is 8.35. The summed E-state index contributed by atoms with van der Waals surface area (Å²) in [5.74, 6) is 0.867. The van der Waals surface area contributed by atoms with E-state index in [-0.39, 0.29) is 5.75 Å². The fourth-order valence-corrected chi connectivity index (χ4v) is 3.52. The number of hydrogen-bond acceptors (Lipinski definition) is 3. The molecule has 0 bridgehead atoms. The van der Waals surface area contributed by atoms with Crippen LogP contribution in [0.2, 0.25) is 5.02 Å². The van der Waals surface area contributed by atoms with Crippen molar-refractivity contribution in [3.05, 3.63) is 45.7 Å². The average Bonchev–Trinajstić information content (AvgIpc) is 3.31. The van der Waals surface area contributed by atoms with Crippen molar-refractivity contribution >= 4 is 11.6 Å². The summed E-state index contributed by atoms with van der Waals surface area (Å²) >= 11 is 6.20. The van der Waals surface area contributed by atoms with Gasteiger partial charge in [-0.3, -0.25) is 10.00 Å². The number of phenols is 1. The number of fused-ring (bicyclic) bond motifs is 1. The molecule has 0 spiro atoms. The number of H-pyrrole nitrogens is 1. The number of rotatable bonds is 3. The van der Waals surface area contributed by atoms with E-state index in [9.17, 15) is 5.11 Å². The zero-order chi connectivity index (χ0) is 15.1. The maximum absolute atomic E-state index is 9.73. The number of phenolic OH excluding ortho intramolecular Hbond substituents is 1. The lowest BCUT2D eigenvalue weighted by Crippen LogP contribution is -2.26. The number of nitrogens with zero attached hydrogens (tertiary/aromatic N) is 2. The van der Waals surface area contributed by atoms with E-state index in [2.05, 4.69) is 15.1 Å². The molecule has 22 heavy (non-hydrogen) atoms. The molecule has 0 unspecified atom stereocenters. The van der Waals surface area contributed by atoms with Gasteiger partial charge in [0.1, 0.15) is 5.75 Å². The fourth-order valence-electron chi connectivity index (χ4n) is 3.34. The lowest BCUT2D eigenvalue weighted by Gasteiger charge is -2.20. The lowest BCUT2D eigenvalue weighted by molar-refractivity contribution is 0.278. The predicted molar refractivity (Wildman–Crippen MR) is 86.4 cm³/mol. The van der Waals surface area contributed by atoms with Crippen LogP contribution in [0.3, 0.4) is 0 Å². The van der Waals surface area contributed by atoms with E-state index in [1.165, 1.54) is 29.8 Å². The molecule has 4 nitrogen and oxygen atoms in total. The van der Waals surface area contributed by atoms with Gasteiger partial charge in [-0.25, -0.2) is 0 Å². The molecule has 0 radical (unpaired) electrons. The molecule has 2 heterocycles. The Kier molecular flexibility index (Phi) is 3.59. The number of nitrogens with one attached hydrogen (secondary N) is 1. The first kappa shape index (κ1) is 14.1. The molecule has 4 rings (SSSR count). The summed E-state index contributed by atoms with van der Waals surface area (Å²) in [7, 11) is 0. The molecular formula is C17H20ClN3O. The van der Waals surface area contributed by atoms with Crippen molar-refractivity contribution in [3.8, 4) is 5.75 Å². The summed E-state index contributed by atoms with van der Waals surface area (Å²) in [5, 5.41) is 18.0. The van der Waals surface area contributed by atoms with Crippen molar-refractivity contribution in [3.63, 3.8) is 0 Å². The summed E-state index contributed by atoms with van der Waals surface area (Å²) in [6.07, 6.45) is 4.64. The van der Waals surface area contributed by atoms with E-state index >= 15 is 0 Å². The van der Waals surface area contributed by atoms with Crippen molar-refractivity contribution in [2.45, 2.75) is 38.1 Å². The van der Waals surface area contributed by atoms with Crippen molar-refractivity contribution < 1.29 is 5.11 Å². The molecule has 116 valence electrons. The largest absolute Gasteiger partial charge is 0.506 e. The van der Waals surface area contributed by atoms with Crippen LogP contribution in [0.1, 0.15) is 41.3 Å². The Morgan fingerprint density at radius 2 is 2.09 bits per heavy atom. The Balaban J connectivity index is 1.49. The minimum Gasteiger partial charge on any atom is -0.506 e. The zero-order valence-corrected chi connectivity index (χ0v) is 13.2. The van der Waals surface area contributed by atoms with Gasteiger partial charge < -0.3 is 5.11 Å². The molecule has 1 aliphatic carbocycles. The van der Waals surface area contributed by atoms with Crippen LogP contribution >= 0.6 is 11.6 Å². The predicted octanol–water partition coefficient (Wildman–Crippen LogP) is 3.25. The van der Waals surface area contributed by atoms with Crippen molar-refractivity contribution in [1.29, 1.82) is 0 Å². The smallest absolute Gasteiger partial charge is 0.134 e. The molecule has 1 aliphatic heterocycles. The summed E-state index contributed by atoms with van der Waals surface area (Å²) in [6.45, 7) is 2.78. The van der Waals surface area contributed by atoms with Gasteiger partial charge in [0.15, 0.2) is 0 Å². The van der Waals surface area contributed by atoms with Crippen molar-refractivity contribution in [2.24, 2.45) is 0 Å². The Labute approximate surface area is 135 Å². The first-order valence-electron chi connectivity index (χ1n) is 7.97. The second-order valence-corrected chi connectivity index (χ2v) is 6.74. The van der Waals surface area contributed by atoms with Gasteiger partial charge >= 0.3 is 0 Å². The minimum atomic E-state index is 0.166. The number of hydrogen-bond donors (Lipinski definition) is 2. The summed E-state index contributed by atoms with van der Waals surface area (Å²) < 4.78 is 0. The van der Waals surface area contributed by atoms with Crippen LogP contribution in [-0.2, 0) is 19.4 Å². The maximum Gasteiger partial charge on any atom is 0.134 e. The van der Waals surface area contributed by atoms with E-state index in [0.29, 0.717) is 10.9 Å². The molecule has 2 aliphatic rings. The van der Waals surface area contributed by atoms with E-state index in [4.69, 9.17) is 11.6 Å². The Morgan fingerprint density at radius 1 is 1.27 bits per heavy atom. The van der Waals surface area contributed by atoms with E-state index in [1.54, 1.807) is 6.07 Å². The molecule has 1 aromatic heterocycles. The Bertz CT molecular complexity index is 693. The molecule has 0 saturated heterocycles. The Hall–Kier alpha value is -1.52. The summed E-state index contributed by atoms with van der Waals surface area (Å²) in [5.41, 5.74) is 5.07. The SMILES string of the molecule is Oc1cccc(CN2CCc3[nH]nc(C4CC4)c3CC2)c1Cl. The molecule has 0 amide bonds. The van der Waals surface area contributed by atoms with E-state index < -0.39 is 0 Å². The second-order valence-electron chi connectivity index (χ2n) is 6.37. The van der Waals surface area contributed by atoms with Crippen LogP contribution in [0.25, 0.3) is 0 Å². The van der Waals surface area contributed by atoms with E-state index in [1.807, 2.05) is 12.1 Å². The zero-order valence-electron chi connectivity index (χ0n) is 12.5. The molecule has 0 atom stereocenters. The highest BCUT2D eigenvalue weighted by atomic mass is 35.5. The quantitative estimate of drug-likeness (QED) is 0.913. The van der Waals surface area contributed by atoms with Gasteiger partial charge in [0.25, 0.3) is 0 Å². The van der Waals surface area contributed by atoms with Gasteiger partial charge in [-0.2, -0.15) is 5.10 Å². The highest BCUT2D eigenvalue weighted by Crippen LogP contribution is 2.41. The lowest BCUT2D eigenvalue weighted by atomic mass is 10.1. The van der Waals surface area contributed by atoms with Crippen molar-refractivity contribution in [2.75, 3.05) is 13.1 Å². The first-order chi connectivity index (χ1) is 10.7. The number of aromatic nitrogens is 2. The summed E-state index contributed by atoms with van der Waals surface area (Å²) in [4.78, 5) is 2.41. The van der Waals surface area contributed by atoms with Gasteiger partial charge in [-0.15, -0.1) is 0 Å². The molecule has 1 saturated carbocycles. The molecule has 2 aromatic rings. The third-order valence-electron chi connectivity index (χ3n) is 4.76. The minimum absolute atomic E-state index is 0.166. The van der Waals surface area contributed by atoms with Crippen LogP contribution in [-0.4, -0.2) is 33.3 Å². The average molecular weight is 318 g/mol. The molecule has 5 heteroatoms. The monoisotopic (exact) mass is 317 g/mol. The van der Waals surface area contributed by atoms with E-state index in [0.717, 1.165) is 38.0 Å². The van der Waals surface area contributed by atoms with Crippen LogP contribution in [0.15, 0.2) is 18.2 Å². The van der Waals surface area contributed by atoms with Crippen LogP contribution < -0.4 is 0 Å². The second kappa shape index (κ2) is 5.60. The van der Waals surface area contributed by atoms with Crippen molar-refractivity contribution in [1.82, 2.24) is 15.1 Å². The number of benzene rings is 1. The van der Waals surface area contributed by atoms with Gasteiger partial charge in [0, 0.05) is 37.7 Å². The van der Waals surface area contributed by atoms with Crippen LogP contribution in [0.4, 0.5) is 0 Å². The molecule has 2 N–H and O–H groups in total. The molecule has 1 aromatic carbocycles. The molecule has 1 fully saturated rings. The van der Waals surface area contributed by atoms with Gasteiger partial charge in [0.2, 0.25) is 0 Å². The van der Waals surface area contributed by atoms with Gasteiger partial charge in [0.05, 0.1) is 10.7 Å². The maximum atomic E-state index is 9.73. The highest BCUT2D eigenvalue weighted by Gasteiger charge is 2.31. The van der Waals surface area contributed by atoms with Gasteiger partial charge in [-0.05, 0) is 36.5 Å². The third kappa shape index (κ3) is 2.61. The number of aromatic hydroxyl groups is 1. The Morgan fingerprint density at radius 3 is 2.91 bits per heavy atom. The summed E-state index contributed by atoms with van der Waals surface area (Å²) in [6, 6.07) is 5.47. The number of halogens is 1. The standard InChI is InChI=1S/C17H20ClN3O/c18-16-12(2-1-3-15(16)22)10-21-8-6-13-14(7-9-21)19-20-17(13)11-4-5-11/h1-3,11,22H,4-10H2,(H,19,20). The topological polar surface area (TPSA) is 52.1 Å². The fraction of sp³-hybridized carbons (Fsp3) is 0.471. The third-order valence-corrected chi connectivity index (χ3v) is 5.19. The van der Waals surface area contributed by atoms with Crippen LogP contribution in [0.5, 0.6) is 5.75 Å². The highest BCUT2D eigenvalue weighted by molar-refractivity contribution is 6.32. The van der Waals surface area contributed by atoms with Gasteiger partial charge in [-0.1, -0.05) is 23.7 Å². The molecular weight excluding hydrogens is 298 g/mol. The normalized spacial score (nSPS) is 19.0. The van der Waals surface area contributed by atoms with Crippen LogP contribution in [0, 0.1) is 0 Å². The number of aromatic amines is 1.